The molecule has 0 bridgehead atoms. The second-order valence-electron chi connectivity index (χ2n) is 4.41. The van der Waals surface area contributed by atoms with Crippen molar-refractivity contribution in [2.24, 2.45) is 0 Å². The second-order valence-corrected chi connectivity index (χ2v) is 5.86. The molecule has 0 fully saturated rings. The highest BCUT2D eigenvalue weighted by molar-refractivity contribution is 6.47. The molecule has 0 saturated heterocycles. The van der Waals surface area contributed by atoms with Gasteiger partial charge in [-0.25, -0.2) is 0 Å². The Bertz CT molecular complexity index is 388. The van der Waals surface area contributed by atoms with Gasteiger partial charge in [-0.15, -0.1) is 0 Å². The van der Waals surface area contributed by atoms with Crippen LogP contribution in [0.2, 0.25) is 5.02 Å². The lowest BCUT2D eigenvalue weighted by Gasteiger charge is -2.31. The Hall–Kier alpha value is -0.673. The predicted octanol–water partition coefficient (Wildman–Crippen LogP) is 2.02. The molecular weight excluding hydrogens is 260 g/mol. The summed E-state index contributed by atoms with van der Waals surface area (Å²) < 4.78 is 0. The van der Waals surface area contributed by atoms with E-state index in [9.17, 15) is 0 Å². The molecule has 0 N–H and O–H groups in total. The smallest absolute Gasteiger partial charge is 0.0791 e. The average Bonchev–Trinajstić information content (AvgIpc) is 2.39. The molecular formula is C14H25ClN2Si. The Morgan fingerprint density at radius 3 is 1.89 bits per heavy atom. The Balaban J connectivity index is 3.37. The molecule has 0 aliphatic carbocycles. The summed E-state index contributed by atoms with van der Waals surface area (Å²) in [7, 11) is 0.995. The topological polar surface area (TPSA) is 6.48 Å². The molecule has 4 heteroatoms. The molecule has 1 aromatic rings. The van der Waals surface area contributed by atoms with E-state index in [1.54, 1.807) is 0 Å². The van der Waals surface area contributed by atoms with Crippen LogP contribution in [0.3, 0.4) is 0 Å². The van der Waals surface area contributed by atoms with Gasteiger partial charge in [0, 0.05) is 36.4 Å². The van der Waals surface area contributed by atoms with Crippen LogP contribution in [-0.2, 0) is 0 Å². The molecule has 0 saturated carbocycles. The summed E-state index contributed by atoms with van der Waals surface area (Å²) in [6.07, 6.45) is 0. The van der Waals surface area contributed by atoms with Crippen molar-refractivity contribution in [3.63, 3.8) is 0 Å². The molecule has 18 heavy (non-hydrogen) atoms. The van der Waals surface area contributed by atoms with E-state index < -0.39 is 0 Å². The van der Waals surface area contributed by atoms with Crippen molar-refractivity contribution in [1.29, 1.82) is 0 Å². The van der Waals surface area contributed by atoms with Crippen LogP contribution in [-0.4, -0.2) is 36.4 Å². The van der Waals surface area contributed by atoms with Gasteiger partial charge in [0.05, 0.1) is 16.4 Å². The third-order valence-corrected chi connectivity index (χ3v) is 5.10. The fourth-order valence-electron chi connectivity index (χ4n) is 2.32. The van der Waals surface area contributed by atoms with Crippen molar-refractivity contribution in [2.75, 3.05) is 36.0 Å². The number of benzene rings is 1. The summed E-state index contributed by atoms with van der Waals surface area (Å²) in [6, 6.07) is 4.41. The largest absolute Gasteiger partial charge is 0.370 e. The van der Waals surface area contributed by atoms with E-state index >= 15 is 0 Å². The van der Waals surface area contributed by atoms with Gasteiger partial charge in [0.25, 0.3) is 0 Å². The lowest BCUT2D eigenvalue weighted by Crippen LogP contribution is -2.30. The molecule has 0 atom stereocenters. The van der Waals surface area contributed by atoms with Crippen molar-refractivity contribution in [3.05, 3.63) is 17.2 Å². The van der Waals surface area contributed by atoms with Crippen molar-refractivity contribution >= 4 is 38.4 Å². The SMILES string of the molecule is CCN(CC)c1ccc([SiH3])c(Cl)c1N(CC)CC. The van der Waals surface area contributed by atoms with E-state index in [2.05, 4.69) is 49.6 Å². The predicted molar refractivity (Wildman–Crippen MR) is 88.1 cm³/mol. The number of halogens is 1. The maximum absolute atomic E-state index is 6.58. The fraction of sp³-hybridized carbons (Fsp3) is 0.571. The van der Waals surface area contributed by atoms with Crippen molar-refractivity contribution in [3.8, 4) is 0 Å². The number of nitrogens with zero attached hydrogens (tertiary/aromatic N) is 2. The first-order valence-electron chi connectivity index (χ1n) is 6.89. The summed E-state index contributed by atoms with van der Waals surface area (Å²) in [4.78, 5) is 4.73. The van der Waals surface area contributed by atoms with E-state index in [0.29, 0.717) is 0 Å². The van der Waals surface area contributed by atoms with Crippen LogP contribution < -0.4 is 15.0 Å². The van der Waals surface area contributed by atoms with Gasteiger partial charge in [0.15, 0.2) is 0 Å². The number of hydrogen-bond donors (Lipinski definition) is 0. The monoisotopic (exact) mass is 284 g/mol. The van der Waals surface area contributed by atoms with Gasteiger partial charge in [-0.1, -0.05) is 22.9 Å². The first kappa shape index (κ1) is 15.4. The van der Waals surface area contributed by atoms with Crippen LogP contribution in [0, 0.1) is 0 Å². The van der Waals surface area contributed by atoms with Gasteiger partial charge in [0.1, 0.15) is 0 Å². The molecule has 0 aliphatic heterocycles. The minimum Gasteiger partial charge on any atom is -0.370 e. The lowest BCUT2D eigenvalue weighted by molar-refractivity contribution is 0.834. The Labute approximate surface area is 119 Å². The number of hydrogen-bond acceptors (Lipinski definition) is 2. The molecule has 0 amide bonds. The average molecular weight is 285 g/mol. The van der Waals surface area contributed by atoms with Crippen molar-refractivity contribution < 1.29 is 0 Å². The maximum Gasteiger partial charge on any atom is 0.0791 e. The summed E-state index contributed by atoms with van der Waals surface area (Å²) in [6.45, 7) is 12.8. The van der Waals surface area contributed by atoms with E-state index in [0.717, 1.165) is 41.4 Å². The zero-order valence-electron chi connectivity index (χ0n) is 12.3. The van der Waals surface area contributed by atoms with Crippen LogP contribution in [0.25, 0.3) is 0 Å². The quantitative estimate of drug-likeness (QED) is 0.738. The fourth-order valence-corrected chi connectivity index (χ4v) is 3.00. The minimum absolute atomic E-state index is 0.953. The summed E-state index contributed by atoms with van der Waals surface area (Å²) >= 11 is 6.58. The van der Waals surface area contributed by atoms with E-state index in [-0.39, 0.29) is 0 Å². The third-order valence-electron chi connectivity index (χ3n) is 3.47. The van der Waals surface area contributed by atoms with Crippen LogP contribution in [0.1, 0.15) is 27.7 Å². The Kier molecular flexibility index (Phi) is 6.02. The lowest BCUT2D eigenvalue weighted by atomic mass is 10.2. The zero-order chi connectivity index (χ0) is 13.7. The van der Waals surface area contributed by atoms with Gasteiger partial charge in [-0.2, -0.15) is 0 Å². The highest BCUT2D eigenvalue weighted by Gasteiger charge is 2.17. The van der Waals surface area contributed by atoms with Gasteiger partial charge in [0.2, 0.25) is 0 Å². The van der Waals surface area contributed by atoms with Gasteiger partial charge >= 0.3 is 0 Å². The highest BCUT2D eigenvalue weighted by Crippen LogP contribution is 2.34. The first-order chi connectivity index (χ1) is 8.60. The second kappa shape index (κ2) is 7.05. The minimum atomic E-state index is 0.953. The highest BCUT2D eigenvalue weighted by atomic mass is 35.5. The van der Waals surface area contributed by atoms with Crippen LogP contribution >= 0.6 is 11.6 Å². The molecule has 0 radical (unpaired) electrons. The Morgan fingerprint density at radius 1 is 0.944 bits per heavy atom. The van der Waals surface area contributed by atoms with Gasteiger partial charge in [-0.05, 0) is 33.8 Å². The number of anilines is 2. The van der Waals surface area contributed by atoms with E-state index in [4.69, 9.17) is 11.6 Å². The summed E-state index contributed by atoms with van der Waals surface area (Å²) in [5.41, 5.74) is 2.49. The number of rotatable bonds is 6. The molecule has 2 nitrogen and oxygen atoms in total. The summed E-state index contributed by atoms with van der Waals surface area (Å²) in [5, 5.41) is 2.24. The molecule has 0 heterocycles. The Morgan fingerprint density at radius 2 is 1.44 bits per heavy atom. The van der Waals surface area contributed by atoms with E-state index in [1.165, 1.54) is 16.6 Å². The first-order valence-corrected chi connectivity index (χ1v) is 8.27. The van der Waals surface area contributed by atoms with Crippen molar-refractivity contribution in [2.45, 2.75) is 27.7 Å². The molecule has 102 valence electrons. The van der Waals surface area contributed by atoms with Crippen LogP contribution in [0.4, 0.5) is 11.4 Å². The zero-order valence-corrected chi connectivity index (χ0v) is 15.0. The van der Waals surface area contributed by atoms with Crippen molar-refractivity contribution in [1.82, 2.24) is 0 Å². The van der Waals surface area contributed by atoms with Crippen LogP contribution in [0.15, 0.2) is 12.1 Å². The molecule has 0 aromatic heterocycles. The third kappa shape index (κ3) is 3.01. The molecule has 1 aromatic carbocycles. The van der Waals surface area contributed by atoms with Crippen LogP contribution in [0.5, 0.6) is 0 Å². The standard InChI is InChI=1S/C14H25ClN2Si/c1-5-16(6-2)11-9-10-12(18)13(15)14(11)17(7-3)8-4/h9-10H,5-8H2,1-4,18H3. The van der Waals surface area contributed by atoms with Gasteiger partial charge in [-0.3, -0.25) is 0 Å². The molecule has 1 rings (SSSR count). The van der Waals surface area contributed by atoms with Gasteiger partial charge < -0.3 is 9.80 Å². The summed E-state index contributed by atoms with van der Waals surface area (Å²) in [5.74, 6) is 0. The molecule has 0 spiro atoms. The normalized spacial score (nSPS) is 10.7. The molecule has 0 aliphatic rings. The maximum atomic E-state index is 6.58. The molecule has 0 unspecified atom stereocenters. The van der Waals surface area contributed by atoms with E-state index in [1.807, 2.05) is 0 Å².